The van der Waals surface area contributed by atoms with Crippen LogP contribution >= 0.6 is 0 Å². The van der Waals surface area contributed by atoms with Crippen LogP contribution in [0.3, 0.4) is 0 Å². The van der Waals surface area contributed by atoms with Gasteiger partial charge >= 0.3 is 0 Å². The molecule has 0 aliphatic rings. The second kappa shape index (κ2) is 12.9. The quantitative estimate of drug-likeness (QED) is 0.586. The fraction of sp³-hybridized carbons (Fsp3) is 0.455. The first-order chi connectivity index (χ1) is 10.8. The fourth-order valence-corrected chi connectivity index (χ4v) is 1.81. The van der Waals surface area contributed by atoms with Gasteiger partial charge in [-0.3, -0.25) is 0 Å². The first kappa shape index (κ1) is 23.7. The van der Waals surface area contributed by atoms with Crippen molar-refractivity contribution in [2.24, 2.45) is 0 Å². The molecular formula is C22H36O. The summed E-state index contributed by atoms with van der Waals surface area (Å²) >= 11 is 0. The summed E-state index contributed by atoms with van der Waals surface area (Å²) < 4.78 is 0. The van der Waals surface area contributed by atoms with Crippen LogP contribution in [0.2, 0.25) is 0 Å². The van der Waals surface area contributed by atoms with Gasteiger partial charge in [-0.1, -0.05) is 83.2 Å². The maximum Gasteiger partial charge on any atom is 0.0840 e. The second-order valence-corrected chi connectivity index (χ2v) is 5.39. The van der Waals surface area contributed by atoms with Crippen LogP contribution in [-0.4, -0.2) is 5.11 Å². The van der Waals surface area contributed by atoms with E-state index in [0.717, 1.165) is 28.7 Å². The average Bonchev–Trinajstić information content (AvgIpc) is 2.54. The molecule has 130 valence electrons. The minimum atomic E-state index is -0.814. The van der Waals surface area contributed by atoms with E-state index in [4.69, 9.17) is 0 Å². The van der Waals surface area contributed by atoms with E-state index in [1.165, 1.54) is 0 Å². The van der Waals surface area contributed by atoms with Crippen molar-refractivity contribution < 1.29 is 5.11 Å². The van der Waals surface area contributed by atoms with Crippen molar-refractivity contribution in [3.05, 3.63) is 65.8 Å². The third kappa shape index (κ3) is 9.91. The number of aliphatic hydroxyl groups is 1. The Balaban J connectivity index is 0. The van der Waals surface area contributed by atoms with E-state index in [1.807, 2.05) is 58.9 Å². The van der Waals surface area contributed by atoms with Gasteiger partial charge in [0.25, 0.3) is 0 Å². The Bertz CT molecular complexity index is 499. The predicted octanol–water partition coefficient (Wildman–Crippen LogP) is 6.89. The SMILES string of the molecule is C=C(C)/C=C\C(=C/CC)c1cccc(C(C)(C)O)c1.CC.CC. The van der Waals surface area contributed by atoms with E-state index in [2.05, 4.69) is 31.7 Å². The molecule has 0 atom stereocenters. The number of rotatable bonds is 5. The normalized spacial score (nSPS) is 11.3. The molecule has 0 aromatic heterocycles. The fourth-order valence-electron chi connectivity index (χ4n) is 1.81. The van der Waals surface area contributed by atoms with E-state index < -0.39 is 5.60 Å². The zero-order valence-corrected chi connectivity index (χ0v) is 16.4. The summed E-state index contributed by atoms with van der Waals surface area (Å²) in [6.07, 6.45) is 7.25. The van der Waals surface area contributed by atoms with Crippen LogP contribution in [0.25, 0.3) is 5.57 Å². The van der Waals surface area contributed by atoms with Gasteiger partial charge in [0.2, 0.25) is 0 Å². The summed E-state index contributed by atoms with van der Waals surface area (Å²) in [5, 5.41) is 10.1. The summed E-state index contributed by atoms with van der Waals surface area (Å²) in [6, 6.07) is 8.06. The highest BCUT2D eigenvalue weighted by Gasteiger charge is 2.16. The topological polar surface area (TPSA) is 20.2 Å². The van der Waals surface area contributed by atoms with Crippen LogP contribution in [0.15, 0.2) is 54.6 Å². The Morgan fingerprint density at radius 1 is 1.13 bits per heavy atom. The molecule has 0 aliphatic heterocycles. The third-order valence-corrected chi connectivity index (χ3v) is 2.87. The molecule has 0 amide bonds. The van der Waals surface area contributed by atoms with Crippen LogP contribution in [0.1, 0.15) is 72.9 Å². The molecule has 1 aromatic carbocycles. The highest BCUT2D eigenvalue weighted by Crippen LogP contribution is 2.25. The third-order valence-electron chi connectivity index (χ3n) is 2.87. The van der Waals surface area contributed by atoms with Crippen LogP contribution in [0.5, 0.6) is 0 Å². The first-order valence-corrected chi connectivity index (χ1v) is 8.71. The number of benzene rings is 1. The Morgan fingerprint density at radius 3 is 2.13 bits per heavy atom. The van der Waals surface area contributed by atoms with Crippen molar-refractivity contribution in [3.63, 3.8) is 0 Å². The molecule has 0 radical (unpaired) electrons. The van der Waals surface area contributed by atoms with Gasteiger partial charge < -0.3 is 5.11 Å². The zero-order chi connectivity index (χ0) is 18.5. The van der Waals surface area contributed by atoms with E-state index in [-0.39, 0.29) is 0 Å². The monoisotopic (exact) mass is 316 g/mol. The highest BCUT2D eigenvalue weighted by molar-refractivity contribution is 5.74. The molecule has 1 N–H and O–H groups in total. The maximum absolute atomic E-state index is 10.1. The first-order valence-electron chi connectivity index (χ1n) is 8.71. The Morgan fingerprint density at radius 2 is 1.70 bits per heavy atom. The van der Waals surface area contributed by atoms with Crippen LogP contribution in [-0.2, 0) is 5.60 Å². The van der Waals surface area contributed by atoms with E-state index in [1.54, 1.807) is 13.8 Å². The van der Waals surface area contributed by atoms with Gasteiger partial charge in [-0.25, -0.2) is 0 Å². The van der Waals surface area contributed by atoms with Crippen molar-refractivity contribution in [2.75, 3.05) is 0 Å². The zero-order valence-electron chi connectivity index (χ0n) is 16.4. The number of allylic oxidation sites excluding steroid dienone is 5. The van der Waals surface area contributed by atoms with Gasteiger partial charge in [-0.05, 0) is 50.0 Å². The molecule has 1 aromatic rings. The number of hydrogen-bond donors (Lipinski definition) is 1. The van der Waals surface area contributed by atoms with Crippen LogP contribution in [0.4, 0.5) is 0 Å². The van der Waals surface area contributed by atoms with Crippen LogP contribution < -0.4 is 0 Å². The molecule has 0 saturated heterocycles. The summed E-state index contributed by atoms with van der Waals surface area (Å²) in [5.41, 5.74) is 3.43. The Hall–Kier alpha value is -1.60. The van der Waals surface area contributed by atoms with Crippen LogP contribution in [0, 0.1) is 0 Å². The van der Waals surface area contributed by atoms with E-state index in [0.29, 0.717) is 0 Å². The molecule has 0 aliphatic carbocycles. The lowest BCUT2D eigenvalue weighted by atomic mass is 9.93. The second-order valence-electron chi connectivity index (χ2n) is 5.39. The van der Waals surface area contributed by atoms with E-state index in [9.17, 15) is 5.11 Å². The minimum absolute atomic E-state index is 0.814. The molecule has 0 spiro atoms. The Labute approximate surface area is 144 Å². The molecule has 1 rings (SSSR count). The molecule has 0 fully saturated rings. The lowest BCUT2D eigenvalue weighted by molar-refractivity contribution is 0.0786. The maximum atomic E-state index is 10.1. The summed E-state index contributed by atoms with van der Waals surface area (Å²) in [4.78, 5) is 0. The summed E-state index contributed by atoms with van der Waals surface area (Å²) in [7, 11) is 0. The highest BCUT2D eigenvalue weighted by atomic mass is 16.3. The molecule has 1 nitrogen and oxygen atoms in total. The molecule has 0 unspecified atom stereocenters. The summed E-state index contributed by atoms with van der Waals surface area (Å²) in [6.45, 7) is 19.6. The largest absolute Gasteiger partial charge is 0.386 e. The van der Waals surface area contributed by atoms with Crippen molar-refractivity contribution in [1.29, 1.82) is 0 Å². The average molecular weight is 317 g/mol. The van der Waals surface area contributed by atoms with Gasteiger partial charge in [-0.15, -0.1) is 0 Å². The smallest absolute Gasteiger partial charge is 0.0840 e. The Kier molecular flexibility index (Phi) is 13.3. The molecule has 1 heteroatoms. The molecule has 0 bridgehead atoms. The molecule has 0 saturated carbocycles. The van der Waals surface area contributed by atoms with Crippen molar-refractivity contribution in [1.82, 2.24) is 0 Å². The lowest BCUT2D eigenvalue weighted by Crippen LogP contribution is -2.15. The van der Waals surface area contributed by atoms with Gasteiger partial charge in [0.05, 0.1) is 5.60 Å². The molecule has 23 heavy (non-hydrogen) atoms. The predicted molar refractivity (Wildman–Crippen MR) is 107 cm³/mol. The van der Waals surface area contributed by atoms with Gasteiger partial charge in [0, 0.05) is 0 Å². The standard InChI is InChI=1S/C18H24O.2C2H6/c1-6-8-15(12-11-14(2)3)16-9-7-10-17(13-16)18(4,5)19;2*1-2/h7-13,19H,2,6H2,1,3-5H3;2*1-2H3/b12-11-,15-8+;;. The minimum Gasteiger partial charge on any atom is -0.386 e. The molecule has 0 heterocycles. The molecular weight excluding hydrogens is 280 g/mol. The van der Waals surface area contributed by atoms with Crippen molar-refractivity contribution >= 4 is 5.57 Å². The van der Waals surface area contributed by atoms with Gasteiger partial charge in [0.15, 0.2) is 0 Å². The van der Waals surface area contributed by atoms with Gasteiger partial charge in [0.1, 0.15) is 0 Å². The van der Waals surface area contributed by atoms with Gasteiger partial charge in [-0.2, -0.15) is 0 Å². The van der Waals surface area contributed by atoms with E-state index >= 15 is 0 Å². The van der Waals surface area contributed by atoms with Crippen molar-refractivity contribution in [3.8, 4) is 0 Å². The number of hydrogen-bond acceptors (Lipinski definition) is 1. The summed E-state index contributed by atoms with van der Waals surface area (Å²) in [5.74, 6) is 0. The lowest BCUT2D eigenvalue weighted by Gasteiger charge is -2.18. The van der Waals surface area contributed by atoms with Crippen molar-refractivity contribution in [2.45, 2.75) is 67.4 Å².